The minimum Gasteiger partial charge on any atom is -0.435 e. The van der Waals surface area contributed by atoms with Crippen molar-refractivity contribution in [2.24, 2.45) is 0 Å². The van der Waals surface area contributed by atoms with Crippen LogP contribution in [0.5, 0.6) is 11.5 Å². The highest BCUT2D eigenvalue weighted by atomic mass is 16.5. The number of aryl methyl sites for hydroxylation is 2. The van der Waals surface area contributed by atoms with Crippen LogP contribution in [0, 0.1) is 13.8 Å². The molecule has 0 spiro atoms. The van der Waals surface area contributed by atoms with Crippen molar-refractivity contribution < 1.29 is 18.6 Å². The zero-order valence-corrected chi connectivity index (χ0v) is 20.2. The van der Waals surface area contributed by atoms with Crippen molar-refractivity contribution in [2.75, 3.05) is 19.8 Å². The van der Waals surface area contributed by atoms with Gasteiger partial charge in [-0.05, 0) is 70.8 Å². The van der Waals surface area contributed by atoms with E-state index in [2.05, 4.69) is 87.4 Å². The largest absolute Gasteiger partial charge is 0.435 e. The van der Waals surface area contributed by atoms with E-state index in [0.717, 1.165) is 48.6 Å². The van der Waals surface area contributed by atoms with Crippen LogP contribution in [0.15, 0.2) is 24.3 Å². The highest BCUT2D eigenvalue weighted by Crippen LogP contribution is 2.40. The third-order valence-electron chi connectivity index (χ3n) is 6.95. The zero-order chi connectivity index (χ0) is 22.6. The van der Waals surface area contributed by atoms with Crippen molar-refractivity contribution in [3.63, 3.8) is 0 Å². The van der Waals surface area contributed by atoms with Gasteiger partial charge in [-0.15, -0.1) is 0 Å². The highest BCUT2D eigenvalue weighted by molar-refractivity contribution is 6.09. The van der Waals surface area contributed by atoms with Gasteiger partial charge in [0.1, 0.15) is 24.6 Å². The standard InChI is InChI=1S/C28H34N2O2/c1-7-9-29-15-20-11-22-19(4)25-14-27-21(16-30(10-8-2)28(5,6)32-27)12-23(25)18(3)24(22)13-26(20)31-17-29/h11-16H,7-10,17H2,1-6H3/q+2. The van der Waals surface area contributed by atoms with E-state index in [9.17, 15) is 0 Å². The van der Waals surface area contributed by atoms with Gasteiger partial charge in [-0.2, -0.15) is 4.58 Å². The fourth-order valence-corrected chi connectivity index (χ4v) is 5.17. The number of hydrogen-bond donors (Lipinski definition) is 0. The second-order valence-corrected chi connectivity index (χ2v) is 9.71. The average Bonchev–Trinajstić information content (AvgIpc) is 2.76. The maximum atomic E-state index is 6.49. The van der Waals surface area contributed by atoms with E-state index < -0.39 is 0 Å². The van der Waals surface area contributed by atoms with Crippen LogP contribution in [0.25, 0.3) is 21.5 Å². The molecule has 0 atom stereocenters. The van der Waals surface area contributed by atoms with E-state index >= 15 is 0 Å². The molecule has 166 valence electrons. The average molecular weight is 431 g/mol. The Bertz CT molecular complexity index is 1310. The Morgan fingerprint density at radius 3 is 1.97 bits per heavy atom. The molecule has 0 N–H and O–H groups in total. The number of rotatable bonds is 4. The van der Waals surface area contributed by atoms with E-state index in [0.29, 0.717) is 6.73 Å². The number of fused-ring (bicyclic) bond motifs is 4. The van der Waals surface area contributed by atoms with E-state index in [4.69, 9.17) is 9.47 Å². The predicted molar refractivity (Wildman–Crippen MR) is 132 cm³/mol. The Kier molecular flexibility index (Phi) is 4.99. The molecule has 4 heteroatoms. The molecule has 5 rings (SSSR count). The lowest BCUT2D eigenvalue weighted by molar-refractivity contribution is -0.640. The second kappa shape index (κ2) is 7.61. The first kappa shape index (κ1) is 21.0. The van der Waals surface area contributed by atoms with Crippen LogP contribution in [0.1, 0.15) is 62.8 Å². The normalized spacial score (nSPS) is 16.7. The summed E-state index contributed by atoms with van der Waals surface area (Å²) in [5, 5.41) is 5.12. The minimum atomic E-state index is -0.343. The van der Waals surface area contributed by atoms with E-state index in [1.54, 1.807) is 0 Å². The molecule has 4 nitrogen and oxygen atoms in total. The molecule has 0 saturated heterocycles. The lowest BCUT2D eigenvalue weighted by atomic mass is 9.90. The van der Waals surface area contributed by atoms with Crippen LogP contribution in [0.2, 0.25) is 0 Å². The van der Waals surface area contributed by atoms with E-state index in [1.165, 1.54) is 32.7 Å². The molecule has 0 unspecified atom stereocenters. The topological polar surface area (TPSA) is 24.5 Å². The Morgan fingerprint density at radius 1 is 0.781 bits per heavy atom. The Balaban J connectivity index is 1.74. The molecule has 0 radical (unpaired) electrons. The first-order valence-electron chi connectivity index (χ1n) is 11.9. The summed E-state index contributed by atoms with van der Waals surface area (Å²) in [6, 6.07) is 9.09. The van der Waals surface area contributed by atoms with E-state index in [-0.39, 0.29) is 5.72 Å². The third kappa shape index (κ3) is 3.28. The van der Waals surface area contributed by atoms with Gasteiger partial charge in [0.15, 0.2) is 12.4 Å². The number of benzene rings is 3. The van der Waals surface area contributed by atoms with Crippen molar-refractivity contribution in [1.82, 2.24) is 0 Å². The molecule has 0 aliphatic carbocycles. The maximum Gasteiger partial charge on any atom is 0.300 e. The van der Waals surface area contributed by atoms with Gasteiger partial charge in [-0.1, -0.05) is 13.8 Å². The van der Waals surface area contributed by atoms with Crippen molar-refractivity contribution >= 4 is 34.0 Å². The number of nitrogens with zero attached hydrogens (tertiary/aromatic N) is 2. The van der Waals surface area contributed by atoms with Gasteiger partial charge in [0, 0.05) is 26.7 Å². The summed E-state index contributed by atoms with van der Waals surface area (Å²) < 4.78 is 17.2. The number of ether oxygens (including phenoxy) is 2. The van der Waals surface area contributed by atoms with Crippen LogP contribution < -0.4 is 9.47 Å². The van der Waals surface area contributed by atoms with Gasteiger partial charge in [0.05, 0.1) is 11.1 Å². The summed E-state index contributed by atoms with van der Waals surface area (Å²) in [6.07, 6.45) is 6.72. The van der Waals surface area contributed by atoms with Gasteiger partial charge in [0.25, 0.3) is 12.5 Å². The molecule has 0 amide bonds. The first-order valence-corrected chi connectivity index (χ1v) is 11.9. The molecule has 0 fully saturated rings. The highest BCUT2D eigenvalue weighted by Gasteiger charge is 2.36. The molecule has 3 aromatic carbocycles. The van der Waals surface area contributed by atoms with Crippen LogP contribution in [0.4, 0.5) is 0 Å². The quantitative estimate of drug-likeness (QED) is 0.388. The Labute approximate surface area is 190 Å². The summed E-state index contributed by atoms with van der Waals surface area (Å²) in [7, 11) is 0. The van der Waals surface area contributed by atoms with Crippen LogP contribution >= 0.6 is 0 Å². The second-order valence-electron chi connectivity index (χ2n) is 9.71. The maximum absolute atomic E-state index is 6.49. The van der Waals surface area contributed by atoms with Gasteiger partial charge in [-0.25, -0.2) is 4.58 Å². The van der Waals surface area contributed by atoms with Crippen molar-refractivity contribution in [3.8, 4) is 11.5 Å². The third-order valence-corrected chi connectivity index (χ3v) is 6.95. The Hall–Kier alpha value is -2.88. The molecule has 0 bridgehead atoms. The molecule has 3 aromatic rings. The number of hydrogen-bond acceptors (Lipinski definition) is 2. The van der Waals surface area contributed by atoms with E-state index in [1.807, 2.05) is 0 Å². The predicted octanol–water partition coefficient (Wildman–Crippen LogP) is 5.77. The van der Waals surface area contributed by atoms with Crippen LogP contribution in [-0.2, 0) is 0 Å². The minimum absolute atomic E-state index is 0.343. The zero-order valence-electron chi connectivity index (χ0n) is 20.2. The van der Waals surface area contributed by atoms with Crippen LogP contribution in [-0.4, -0.2) is 47.1 Å². The van der Waals surface area contributed by atoms with Crippen molar-refractivity contribution in [3.05, 3.63) is 46.5 Å². The summed E-state index contributed by atoms with van der Waals surface area (Å²) in [5.74, 6) is 1.95. The van der Waals surface area contributed by atoms with Crippen LogP contribution in [0.3, 0.4) is 0 Å². The Morgan fingerprint density at radius 2 is 1.34 bits per heavy atom. The molecular formula is C28H34N2O2+2. The summed E-state index contributed by atoms with van der Waals surface area (Å²) in [6.45, 7) is 15.8. The SMILES string of the molecule is CCC[N+]1=Cc2cc3c(C)c4cc5c(cc4c(C)c3cc2OC1)C=[N+](CCC)C(C)(C)O5. The van der Waals surface area contributed by atoms with Gasteiger partial charge >= 0.3 is 0 Å². The lowest BCUT2D eigenvalue weighted by Gasteiger charge is -2.29. The molecule has 0 saturated carbocycles. The monoisotopic (exact) mass is 430 g/mol. The summed E-state index contributed by atoms with van der Waals surface area (Å²) in [4.78, 5) is 0. The summed E-state index contributed by atoms with van der Waals surface area (Å²) >= 11 is 0. The molecule has 2 aliphatic rings. The van der Waals surface area contributed by atoms with Gasteiger partial charge in [-0.3, -0.25) is 0 Å². The fraction of sp³-hybridized carbons (Fsp3) is 0.429. The first-order chi connectivity index (χ1) is 15.3. The van der Waals surface area contributed by atoms with Crippen molar-refractivity contribution in [2.45, 2.75) is 60.1 Å². The molecule has 32 heavy (non-hydrogen) atoms. The molecule has 0 aromatic heterocycles. The molecular weight excluding hydrogens is 396 g/mol. The van der Waals surface area contributed by atoms with Crippen molar-refractivity contribution in [1.29, 1.82) is 0 Å². The fourth-order valence-electron chi connectivity index (χ4n) is 5.17. The molecule has 2 aliphatic heterocycles. The smallest absolute Gasteiger partial charge is 0.300 e. The van der Waals surface area contributed by atoms with Gasteiger partial charge in [0.2, 0.25) is 0 Å². The van der Waals surface area contributed by atoms with Gasteiger partial charge < -0.3 is 9.47 Å². The summed E-state index contributed by atoms with van der Waals surface area (Å²) in [5.41, 5.74) is 4.57. The molecule has 2 heterocycles. The lowest BCUT2D eigenvalue weighted by Crippen LogP contribution is -2.45.